The second-order valence-corrected chi connectivity index (χ2v) is 8.97. The molecule has 1 aliphatic heterocycles. The number of aryl methyl sites for hydroxylation is 1. The number of carbonyl (C=O) groups is 1. The van der Waals surface area contributed by atoms with Gasteiger partial charge in [0.2, 0.25) is 0 Å². The largest absolute Gasteiger partial charge is 0.444 e. The molecule has 1 aromatic rings. The predicted molar refractivity (Wildman–Crippen MR) is 96.4 cm³/mol. The molecule has 1 heterocycles. The van der Waals surface area contributed by atoms with Crippen molar-refractivity contribution in [1.29, 1.82) is 0 Å². The molecule has 146 valence electrons. The van der Waals surface area contributed by atoms with Crippen molar-refractivity contribution in [2.75, 3.05) is 13.2 Å². The molecule has 0 spiro atoms. The average molecular weight is 385 g/mol. The summed E-state index contributed by atoms with van der Waals surface area (Å²) in [6.07, 6.45) is -0.0970. The Morgan fingerprint density at radius 2 is 1.88 bits per heavy atom. The SMILES string of the molecule is Cc1ccc(S(=O)(=O)O[C@@H]2CC[C@H](CNC(=O)OC(C)(C)C)OC2)cc1. The number of benzene rings is 1. The van der Waals surface area contributed by atoms with Crippen molar-refractivity contribution < 1.29 is 26.9 Å². The van der Waals surface area contributed by atoms with Crippen molar-refractivity contribution in [3.63, 3.8) is 0 Å². The fraction of sp³-hybridized carbons (Fsp3) is 0.611. The molecule has 1 N–H and O–H groups in total. The Balaban J connectivity index is 1.78. The first-order valence-corrected chi connectivity index (χ1v) is 10.0. The van der Waals surface area contributed by atoms with Gasteiger partial charge in [0.15, 0.2) is 0 Å². The van der Waals surface area contributed by atoms with Crippen LogP contribution in [-0.4, -0.2) is 45.5 Å². The second-order valence-electron chi connectivity index (χ2n) is 7.40. The van der Waals surface area contributed by atoms with Gasteiger partial charge in [0.25, 0.3) is 10.1 Å². The number of amides is 1. The fourth-order valence-electron chi connectivity index (χ4n) is 2.47. The number of nitrogens with one attached hydrogen (secondary N) is 1. The van der Waals surface area contributed by atoms with Gasteiger partial charge in [-0.15, -0.1) is 0 Å². The molecular weight excluding hydrogens is 358 g/mol. The van der Waals surface area contributed by atoms with E-state index in [2.05, 4.69) is 5.32 Å². The highest BCUT2D eigenvalue weighted by atomic mass is 32.2. The van der Waals surface area contributed by atoms with E-state index in [0.29, 0.717) is 19.4 Å². The van der Waals surface area contributed by atoms with Crippen LogP contribution < -0.4 is 5.32 Å². The van der Waals surface area contributed by atoms with Crippen LogP contribution in [0.4, 0.5) is 4.79 Å². The monoisotopic (exact) mass is 385 g/mol. The molecule has 0 radical (unpaired) electrons. The third-order valence-corrected chi connectivity index (χ3v) is 5.15. The lowest BCUT2D eigenvalue weighted by Crippen LogP contribution is -2.41. The molecular formula is C18H27NO6S. The highest BCUT2D eigenvalue weighted by Gasteiger charge is 2.28. The van der Waals surface area contributed by atoms with Crippen LogP contribution in [0.3, 0.4) is 0 Å². The predicted octanol–water partition coefficient (Wildman–Crippen LogP) is 2.77. The number of alkyl carbamates (subject to hydrolysis) is 1. The van der Waals surface area contributed by atoms with Gasteiger partial charge in [0.1, 0.15) is 11.7 Å². The summed E-state index contributed by atoms with van der Waals surface area (Å²) in [5.41, 5.74) is 0.422. The summed E-state index contributed by atoms with van der Waals surface area (Å²) in [4.78, 5) is 11.8. The van der Waals surface area contributed by atoms with E-state index in [1.807, 2.05) is 6.92 Å². The molecule has 0 aliphatic carbocycles. The van der Waals surface area contributed by atoms with Crippen molar-refractivity contribution >= 4 is 16.2 Å². The number of ether oxygens (including phenoxy) is 2. The minimum atomic E-state index is -3.81. The highest BCUT2D eigenvalue weighted by Crippen LogP contribution is 2.21. The molecule has 1 fully saturated rings. The smallest absolute Gasteiger partial charge is 0.407 e. The van der Waals surface area contributed by atoms with Crippen molar-refractivity contribution in [3.05, 3.63) is 29.8 Å². The molecule has 2 atom stereocenters. The third-order valence-electron chi connectivity index (χ3n) is 3.77. The Labute approximate surface area is 155 Å². The molecule has 7 nitrogen and oxygen atoms in total. The lowest BCUT2D eigenvalue weighted by Gasteiger charge is -2.29. The maximum Gasteiger partial charge on any atom is 0.407 e. The minimum Gasteiger partial charge on any atom is -0.444 e. The van der Waals surface area contributed by atoms with E-state index in [0.717, 1.165) is 5.56 Å². The molecule has 1 aliphatic rings. The van der Waals surface area contributed by atoms with Gasteiger partial charge < -0.3 is 14.8 Å². The molecule has 0 bridgehead atoms. The van der Waals surface area contributed by atoms with E-state index in [-0.39, 0.29) is 17.6 Å². The molecule has 0 aromatic heterocycles. The summed E-state index contributed by atoms with van der Waals surface area (Å²) in [7, 11) is -3.81. The van der Waals surface area contributed by atoms with Crippen LogP contribution in [-0.2, 0) is 23.8 Å². The van der Waals surface area contributed by atoms with E-state index >= 15 is 0 Å². The fourth-order valence-corrected chi connectivity index (χ4v) is 3.56. The molecule has 1 aromatic carbocycles. The van der Waals surface area contributed by atoms with Gasteiger partial charge in [0.05, 0.1) is 17.6 Å². The Hall–Kier alpha value is -1.64. The maximum absolute atomic E-state index is 12.3. The third kappa shape index (κ3) is 6.59. The average Bonchev–Trinajstić information content (AvgIpc) is 2.53. The summed E-state index contributed by atoms with van der Waals surface area (Å²) >= 11 is 0. The Bertz CT molecular complexity index is 700. The number of hydrogen-bond acceptors (Lipinski definition) is 6. The van der Waals surface area contributed by atoms with Crippen molar-refractivity contribution in [2.24, 2.45) is 0 Å². The van der Waals surface area contributed by atoms with Crippen molar-refractivity contribution in [2.45, 2.75) is 63.2 Å². The lowest BCUT2D eigenvalue weighted by atomic mass is 10.1. The van der Waals surface area contributed by atoms with E-state index in [1.165, 1.54) is 12.1 Å². The summed E-state index contributed by atoms with van der Waals surface area (Å²) in [6, 6.07) is 6.52. The van der Waals surface area contributed by atoms with Gasteiger partial charge in [0, 0.05) is 6.54 Å². The van der Waals surface area contributed by atoms with E-state index < -0.39 is 27.9 Å². The molecule has 8 heteroatoms. The van der Waals surface area contributed by atoms with Crippen LogP contribution in [0, 0.1) is 6.92 Å². The van der Waals surface area contributed by atoms with Crippen LogP contribution in [0.5, 0.6) is 0 Å². The van der Waals surface area contributed by atoms with Gasteiger partial charge >= 0.3 is 6.09 Å². The van der Waals surface area contributed by atoms with Gasteiger partial charge in [-0.3, -0.25) is 4.18 Å². The summed E-state index contributed by atoms with van der Waals surface area (Å²) in [6.45, 7) is 7.73. The zero-order valence-electron chi connectivity index (χ0n) is 15.7. The molecule has 0 unspecified atom stereocenters. The topological polar surface area (TPSA) is 90.9 Å². The Morgan fingerprint density at radius 1 is 1.23 bits per heavy atom. The molecule has 1 amide bonds. The number of rotatable bonds is 5. The zero-order valence-corrected chi connectivity index (χ0v) is 16.5. The van der Waals surface area contributed by atoms with Crippen molar-refractivity contribution in [3.8, 4) is 0 Å². The summed E-state index contributed by atoms with van der Waals surface area (Å²) in [5.74, 6) is 0. The Kier molecular flexibility index (Phi) is 6.65. The van der Waals surface area contributed by atoms with Gasteiger partial charge in [-0.1, -0.05) is 17.7 Å². The maximum atomic E-state index is 12.3. The first-order valence-electron chi connectivity index (χ1n) is 8.63. The molecule has 0 saturated carbocycles. The molecule has 2 rings (SSSR count). The van der Waals surface area contributed by atoms with E-state index in [4.69, 9.17) is 13.7 Å². The number of carbonyl (C=O) groups excluding carboxylic acids is 1. The van der Waals surface area contributed by atoms with Crippen LogP contribution in [0.2, 0.25) is 0 Å². The van der Waals surface area contributed by atoms with E-state index in [1.54, 1.807) is 32.9 Å². The minimum absolute atomic E-state index is 0.136. The Morgan fingerprint density at radius 3 is 2.42 bits per heavy atom. The molecule has 26 heavy (non-hydrogen) atoms. The number of hydrogen-bond donors (Lipinski definition) is 1. The standard InChI is InChI=1S/C18H27NO6S/c1-13-5-9-16(10-6-13)26(21,22)25-15-8-7-14(23-12-15)11-19-17(20)24-18(2,3)4/h5-6,9-10,14-15H,7-8,11-12H2,1-4H3,(H,19,20)/t14-,15-/m1/s1. The van der Waals surface area contributed by atoms with Crippen LogP contribution >= 0.6 is 0 Å². The zero-order chi connectivity index (χ0) is 19.4. The van der Waals surface area contributed by atoms with Crippen LogP contribution in [0.15, 0.2) is 29.2 Å². The van der Waals surface area contributed by atoms with Crippen LogP contribution in [0.25, 0.3) is 0 Å². The summed E-state index contributed by atoms with van der Waals surface area (Å²) in [5, 5.41) is 2.66. The highest BCUT2D eigenvalue weighted by molar-refractivity contribution is 7.86. The second kappa shape index (κ2) is 8.37. The first-order chi connectivity index (χ1) is 12.0. The molecule has 1 saturated heterocycles. The first kappa shape index (κ1) is 20.7. The van der Waals surface area contributed by atoms with Crippen molar-refractivity contribution in [1.82, 2.24) is 5.32 Å². The lowest BCUT2D eigenvalue weighted by molar-refractivity contribution is -0.0432. The van der Waals surface area contributed by atoms with Gasteiger partial charge in [-0.2, -0.15) is 8.42 Å². The summed E-state index contributed by atoms with van der Waals surface area (Å²) < 4.78 is 40.6. The van der Waals surface area contributed by atoms with E-state index in [9.17, 15) is 13.2 Å². The van der Waals surface area contributed by atoms with Crippen LogP contribution in [0.1, 0.15) is 39.2 Å². The quantitative estimate of drug-likeness (QED) is 0.784. The normalized spacial score (nSPS) is 21.2. The van der Waals surface area contributed by atoms with Gasteiger partial charge in [-0.25, -0.2) is 4.79 Å². The van der Waals surface area contributed by atoms with Gasteiger partial charge in [-0.05, 0) is 52.7 Å².